The average molecular weight is 557 g/mol. The minimum atomic E-state index is -0.328. The Morgan fingerprint density at radius 1 is 1.00 bits per heavy atom. The van der Waals surface area contributed by atoms with E-state index in [-0.39, 0.29) is 23.7 Å². The Kier molecular flexibility index (Phi) is 7.03. The Morgan fingerprint density at radius 3 is 2.45 bits per heavy atom. The van der Waals surface area contributed by atoms with Crippen LogP contribution in [0.1, 0.15) is 22.6 Å². The van der Waals surface area contributed by atoms with Gasteiger partial charge in [0.25, 0.3) is 5.56 Å². The Balaban J connectivity index is 1.22. The molecule has 1 aliphatic heterocycles. The molecule has 1 saturated heterocycles. The molecule has 3 aromatic heterocycles. The molecule has 204 valence electrons. The number of nitrogens with zero attached hydrogens (tertiary/aromatic N) is 6. The minimum absolute atomic E-state index is 0.00418. The second-order valence-corrected chi connectivity index (χ2v) is 10.9. The van der Waals surface area contributed by atoms with Crippen molar-refractivity contribution in [2.45, 2.75) is 26.8 Å². The number of amides is 1. The monoisotopic (exact) mass is 556 g/mol. The second-order valence-electron chi connectivity index (χ2n) is 10.1. The predicted octanol–water partition coefficient (Wildman–Crippen LogP) is 4.25. The Morgan fingerprint density at radius 2 is 1.73 bits per heavy atom. The number of benzene rings is 2. The summed E-state index contributed by atoms with van der Waals surface area (Å²) >= 11 is 1.35. The Hall–Kier alpha value is -4.15. The quantitative estimate of drug-likeness (QED) is 0.313. The van der Waals surface area contributed by atoms with Crippen LogP contribution in [0.25, 0.3) is 21.9 Å². The first kappa shape index (κ1) is 26.1. The van der Waals surface area contributed by atoms with E-state index in [1.165, 1.54) is 29.0 Å². The van der Waals surface area contributed by atoms with Crippen molar-refractivity contribution in [1.82, 2.24) is 29.0 Å². The number of aromatic nitrogens is 4. The molecule has 0 radical (unpaired) electrons. The molecule has 0 bridgehead atoms. The summed E-state index contributed by atoms with van der Waals surface area (Å²) in [4.78, 5) is 36.5. The smallest absolute Gasteiger partial charge is 0.268 e. The Labute approximate surface area is 234 Å². The number of hydrogen-bond acceptors (Lipinski definition) is 6. The van der Waals surface area contributed by atoms with Crippen molar-refractivity contribution in [1.29, 1.82) is 0 Å². The molecule has 0 atom stereocenters. The first-order valence-electron chi connectivity index (χ1n) is 13.2. The van der Waals surface area contributed by atoms with Crippen LogP contribution in [0.15, 0.2) is 70.8 Å². The number of rotatable bonds is 6. The maximum atomic E-state index is 13.8. The van der Waals surface area contributed by atoms with Gasteiger partial charge in [0.1, 0.15) is 11.5 Å². The van der Waals surface area contributed by atoms with E-state index in [1.54, 1.807) is 28.1 Å². The zero-order valence-electron chi connectivity index (χ0n) is 22.4. The van der Waals surface area contributed by atoms with E-state index in [1.807, 2.05) is 41.5 Å². The van der Waals surface area contributed by atoms with Crippen molar-refractivity contribution >= 4 is 22.2 Å². The molecule has 40 heavy (non-hydrogen) atoms. The van der Waals surface area contributed by atoms with Crippen LogP contribution in [-0.4, -0.2) is 61.1 Å². The first-order valence-corrected chi connectivity index (χ1v) is 14.1. The third kappa shape index (κ3) is 5.07. The molecule has 2 aromatic carbocycles. The van der Waals surface area contributed by atoms with Gasteiger partial charge in [-0.05, 0) is 49.7 Å². The van der Waals surface area contributed by atoms with Gasteiger partial charge < -0.3 is 4.90 Å². The molecule has 5 aromatic rings. The van der Waals surface area contributed by atoms with Crippen molar-refractivity contribution in [3.8, 4) is 16.9 Å². The van der Waals surface area contributed by atoms with E-state index in [0.29, 0.717) is 46.4 Å². The summed E-state index contributed by atoms with van der Waals surface area (Å²) in [6.07, 6.45) is 0.131. The number of piperazine rings is 1. The van der Waals surface area contributed by atoms with Gasteiger partial charge in [0, 0.05) is 49.5 Å². The highest BCUT2D eigenvalue weighted by molar-refractivity contribution is 7.15. The van der Waals surface area contributed by atoms with Gasteiger partial charge in [-0.25, -0.2) is 14.1 Å². The number of halogens is 1. The van der Waals surface area contributed by atoms with Crippen LogP contribution in [0.2, 0.25) is 0 Å². The fraction of sp³-hybridized carbons (Fsp3) is 0.267. The van der Waals surface area contributed by atoms with E-state index >= 15 is 0 Å². The fourth-order valence-corrected chi connectivity index (χ4v) is 6.15. The number of carbonyl (C=O) groups excluding carboxylic acids is 1. The molecule has 0 unspecified atom stereocenters. The zero-order chi connectivity index (χ0) is 27.8. The zero-order valence-corrected chi connectivity index (χ0v) is 23.2. The van der Waals surface area contributed by atoms with Gasteiger partial charge in [-0.1, -0.05) is 30.3 Å². The standard InChI is InChI=1S/C30H29FN6O2S/c1-20-16-26(33-37(20)24-10-8-23(31)9-11-24)28-21(2)32-30-36(29(28)39)25(19-40-30)17-27(38)35-14-12-34(13-15-35)18-22-6-4-3-5-7-22/h3-11,16,19H,12-15,17-18H2,1-2H3. The SMILES string of the molecule is Cc1nc2scc(CC(=O)N3CCN(Cc4ccccc4)CC3)n2c(=O)c1-c1cc(C)n(-c2ccc(F)cc2)n1. The summed E-state index contributed by atoms with van der Waals surface area (Å²) in [7, 11) is 0. The maximum absolute atomic E-state index is 13.8. The van der Waals surface area contributed by atoms with Gasteiger partial charge >= 0.3 is 0 Å². The molecule has 0 aliphatic carbocycles. The highest BCUT2D eigenvalue weighted by atomic mass is 32.1. The third-order valence-corrected chi connectivity index (χ3v) is 8.22. The molecule has 1 fully saturated rings. The minimum Gasteiger partial charge on any atom is -0.340 e. The largest absolute Gasteiger partial charge is 0.340 e. The van der Waals surface area contributed by atoms with E-state index in [4.69, 9.17) is 0 Å². The molecule has 0 spiro atoms. The molecular formula is C30H29FN6O2S. The van der Waals surface area contributed by atoms with Gasteiger partial charge in [0.15, 0.2) is 4.96 Å². The summed E-state index contributed by atoms with van der Waals surface area (Å²) in [6, 6.07) is 18.2. The highest BCUT2D eigenvalue weighted by Crippen LogP contribution is 2.24. The van der Waals surface area contributed by atoms with Crippen molar-refractivity contribution in [3.63, 3.8) is 0 Å². The van der Waals surface area contributed by atoms with Crippen molar-refractivity contribution in [2.75, 3.05) is 26.2 Å². The first-order chi connectivity index (χ1) is 19.4. The average Bonchev–Trinajstić information content (AvgIpc) is 3.53. The maximum Gasteiger partial charge on any atom is 0.268 e. The summed E-state index contributed by atoms with van der Waals surface area (Å²) in [5.74, 6) is -0.323. The molecule has 0 saturated carbocycles. The van der Waals surface area contributed by atoms with E-state index < -0.39 is 0 Å². The van der Waals surface area contributed by atoms with Crippen molar-refractivity contribution in [3.05, 3.63) is 105 Å². The number of hydrogen-bond donors (Lipinski definition) is 0. The number of thiazole rings is 1. The second kappa shape index (κ2) is 10.8. The molecule has 1 amide bonds. The van der Waals surface area contributed by atoms with Gasteiger partial charge in [-0.2, -0.15) is 5.10 Å². The van der Waals surface area contributed by atoms with Gasteiger partial charge in [0.05, 0.1) is 23.4 Å². The van der Waals surface area contributed by atoms with Crippen LogP contribution in [0, 0.1) is 19.7 Å². The lowest BCUT2D eigenvalue weighted by molar-refractivity contribution is -0.132. The number of fused-ring (bicyclic) bond motifs is 1. The lowest BCUT2D eigenvalue weighted by Gasteiger charge is -2.34. The molecule has 0 N–H and O–H groups in total. The van der Waals surface area contributed by atoms with Crippen LogP contribution < -0.4 is 5.56 Å². The van der Waals surface area contributed by atoms with Crippen LogP contribution in [0.5, 0.6) is 0 Å². The lowest BCUT2D eigenvalue weighted by Crippen LogP contribution is -2.48. The van der Waals surface area contributed by atoms with Crippen molar-refractivity contribution in [2.24, 2.45) is 0 Å². The van der Waals surface area contributed by atoms with Gasteiger partial charge in [-0.15, -0.1) is 11.3 Å². The fourth-order valence-electron chi connectivity index (χ4n) is 5.23. The summed E-state index contributed by atoms with van der Waals surface area (Å²) in [6.45, 7) is 7.49. The summed E-state index contributed by atoms with van der Waals surface area (Å²) in [5.41, 5.74) is 4.60. The third-order valence-electron chi connectivity index (χ3n) is 7.34. The summed E-state index contributed by atoms with van der Waals surface area (Å²) in [5, 5.41) is 6.50. The predicted molar refractivity (Wildman–Crippen MR) is 153 cm³/mol. The molecule has 8 nitrogen and oxygen atoms in total. The molecule has 10 heteroatoms. The number of carbonyl (C=O) groups is 1. The summed E-state index contributed by atoms with van der Waals surface area (Å²) < 4.78 is 16.7. The van der Waals surface area contributed by atoms with Crippen LogP contribution >= 0.6 is 11.3 Å². The molecular weight excluding hydrogens is 527 g/mol. The number of aryl methyl sites for hydroxylation is 2. The van der Waals surface area contributed by atoms with Crippen molar-refractivity contribution < 1.29 is 9.18 Å². The van der Waals surface area contributed by atoms with E-state index in [0.717, 1.165) is 25.3 Å². The molecule has 4 heterocycles. The Bertz CT molecular complexity index is 1730. The van der Waals surface area contributed by atoms with Gasteiger partial charge in [-0.3, -0.25) is 18.9 Å². The van der Waals surface area contributed by atoms with E-state index in [9.17, 15) is 14.0 Å². The molecule has 1 aliphatic rings. The topological polar surface area (TPSA) is 75.7 Å². The van der Waals surface area contributed by atoms with Crippen LogP contribution in [-0.2, 0) is 17.8 Å². The lowest BCUT2D eigenvalue weighted by atomic mass is 10.1. The van der Waals surface area contributed by atoms with Gasteiger partial charge in [0.2, 0.25) is 5.91 Å². The highest BCUT2D eigenvalue weighted by Gasteiger charge is 2.24. The van der Waals surface area contributed by atoms with Crippen LogP contribution in [0.3, 0.4) is 0 Å². The molecule has 6 rings (SSSR count). The van der Waals surface area contributed by atoms with Crippen LogP contribution in [0.4, 0.5) is 4.39 Å². The normalized spacial score (nSPS) is 14.2. The van der Waals surface area contributed by atoms with E-state index in [2.05, 4.69) is 27.1 Å².